The fourth-order valence-corrected chi connectivity index (χ4v) is 16.1. The lowest BCUT2D eigenvalue weighted by atomic mass is 10.1. The number of amides is 2. The summed E-state index contributed by atoms with van der Waals surface area (Å²) in [5, 5.41) is 6.17. The van der Waals surface area contributed by atoms with Crippen molar-refractivity contribution < 1.29 is 43.3 Å². The third-order valence-electron chi connectivity index (χ3n) is 9.45. The summed E-state index contributed by atoms with van der Waals surface area (Å²) >= 11 is 5.84. The van der Waals surface area contributed by atoms with Crippen LogP contribution in [0.2, 0.25) is 0 Å². The van der Waals surface area contributed by atoms with Crippen LogP contribution in [0.1, 0.15) is 110 Å². The highest BCUT2D eigenvalue weighted by molar-refractivity contribution is 9.11. The predicted molar refractivity (Wildman–Crippen MR) is 324 cm³/mol. The highest BCUT2D eigenvalue weighted by atomic mass is 79.9. The maximum Gasteiger partial charge on any atom is 0.241 e. The van der Waals surface area contributed by atoms with E-state index in [1.54, 1.807) is 145 Å². The minimum absolute atomic E-state index is 0. The highest BCUT2D eigenvalue weighted by Gasteiger charge is 2.31. The number of nitrogen functional groups attached to an aromatic ring is 2. The molecular weight excluding hydrogens is 1200 g/mol. The first-order valence-corrected chi connectivity index (χ1v) is 32.1. The summed E-state index contributed by atoms with van der Waals surface area (Å²) in [4.78, 5) is 32.0. The van der Waals surface area contributed by atoms with Crippen molar-refractivity contribution in [2.24, 2.45) is 0 Å². The van der Waals surface area contributed by atoms with Gasteiger partial charge in [0, 0.05) is 81.6 Å². The third-order valence-corrected chi connectivity index (χ3v) is 19.3. The molecule has 27 heteroatoms. The molecule has 0 saturated heterocycles. The van der Waals surface area contributed by atoms with E-state index in [0.717, 1.165) is 15.1 Å². The number of thiazole rings is 2. The Morgan fingerprint density at radius 2 is 0.810 bits per heavy atom. The Bertz CT molecular complexity index is 3650. The smallest absolute Gasteiger partial charge is 0.241 e. The Morgan fingerprint density at radius 3 is 1.18 bits per heavy atom. The molecule has 6 rings (SSSR count). The molecule has 0 spiro atoms. The minimum atomic E-state index is -4.01. The molecule has 2 amide bonds. The normalized spacial score (nSPS) is 12.5. The number of nitrogens with zero attached hydrogens (tertiary/aromatic N) is 2. The Balaban J connectivity index is 0.000000338. The van der Waals surface area contributed by atoms with E-state index in [1.807, 2.05) is 0 Å². The van der Waals surface area contributed by atoms with Crippen molar-refractivity contribution in [3.63, 3.8) is 0 Å². The van der Waals surface area contributed by atoms with Crippen molar-refractivity contribution in [1.82, 2.24) is 28.9 Å². The number of benzene rings is 4. The molecule has 0 aliphatic rings. The second-order valence-corrected chi connectivity index (χ2v) is 32.0. The van der Waals surface area contributed by atoms with Crippen molar-refractivity contribution in [2.75, 3.05) is 22.1 Å². The summed E-state index contributed by atoms with van der Waals surface area (Å²) in [5.74, 6) is -0.582. The molecule has 0 aliphatic carbocycles. The molecule has 0 saturated carbocycles. The topological polar surface area (TPSA) is 321 Å². The van der Waals surface area contributed by atoms with Crippen molar-refractivity contribution in [1.29, 1.82) is 0 Å². The standard InChI is InChI=1S/C25H33N5O5S3.C13H16BrN3O2S2.C13H20N2O3S.CH4/c1-15(31)28-17-9-11-18(22(13-17)38(34,35)30-25(5,6)7)20-14-27-23(36-20)19-10-8-16(26)12-21(19)37(32,33)29-24(2,3)4;1-13(2,3)17-21(18,19)10-6-8(15)4-5-9(10)12-16-7-11(14)20-12;1-9-6-7-11(14-10(2)16)8-12(9)19(17,18)15-13(3,4)5;/h8-14,29-30H,26H2,1-7H3,(H,28,31);4-7,17H,15H2,1-3H3;6-8,15H,1-5H3,(H,14,16);1H4. The number of aromatic nitrogens is 2. The number of sulfonamides is 4. The Kier molecular flexibility index (Phi) is 22.2. The monoisotopic (exact) mass is 1270 g/mol. The maximum absolute atomic E-state index is 13.4. The first kappa shape index (κ1) is 68.1. The van der Waals surface area contributed by atoms with Crippen LogP contribution in [-0.4, -0.2) is 77.6 Å². The van der Waals surface area contributed by atoms with E-state index in [0.29, 0.717) is 54.2 Å². The maximum atomic E-state index is 13.4. The van der Waals surface area contributed by atoms with Crippen molar-refractivity contribution in [2.45, 2.75) is 153 Å². The van der Waals surface area contributed by atoms with Gasteiger partial charge in [0.1, 0.15) is 10.0 Å². The number of hydrogen-bond donors (Lipinski definition) is 8. The Labute approximate surface area is 483 Å². The first-order chi connectivity index (χ1) is 35.4. The van der Waals surface area contributed by atoms with Crippen LogP contribution >= 0.6 is 38.6 Å². The molecule has 10 N–H and O–H groups in total. The molecule has 0 aliphatic heterocycles. The van der Waals surface area contributed by atoms with Crippen LogP contribution in [0.25, 0.3) is 31.6 Å². The quantitative estimate of drug-likeness (QED) is 0.0499. The van der Waals surface area contributed by atoms with Gasteiger partial charge >= 0.3 is 0 Å². The van der Waals surface area contributed by atoms with Gasteiger partial charge in [0.25, 0.3) is 0 Å². The highest BCUT2D eigenvalue weighted by Crippen LogP contribution is 2.40. The number of anilines is 4. The van der Waals surface area contributed by atoms with Gasteiger partial charge in [-0.15, -0.1) is 22.7 Å². The molecule has 79 heavy (non-hydrogen) atoms. The van der Waals surface area contributed by atoms with Crippen molar-refractivity contribution in [3.8, 4) is 31.6 Å². The van der Waals surface area contributed by atoms with E-state index in [-0.39, 0.29) is 44.5 Å². The number of halogens is 1. The lowest BCUT2D eigenvalue weighted by Crippen LogP contribution is -2.40. The molecule has 0 fully saturated rings. The molecule has 20 nitrogen and oxygen atoms in total. The van der Waals surface area contributed by atoms with Gasteiger partial charge in [-0.3, -0.25) is 9.59 Å². The SMILES string of the molecule is C.CC(=O)Nc1ccc(-c2cnc(-c3ccc(N)cc3S(=O)(=O)NC(C)(C)C)s2)c(S(=O)(=O)NC(C)(C)C)c1.CC(=O)Nc1ccc(C)c(S(=O)(=O)NC(C)(C)C)c1.CC(C)(C)NS(=O)(=O)c1cc(N)ccc1-c1ncc(Br)s1. The van der Waals surface area contributed by atoms with E-state index < -0.39 is 62.2 Å². The van der Waals surface area contributed by atoms with Crippen molar-refractivity contribution in [3.05, 3.63) is 94.5 Å². The molecule has 2 aromatic heterocycles. The van der Waals surface area contributed by atoms with Gasteiger partial charge in [0.15, 0.2) is 0 Å². The number of rotatable bonds is 13. The zero-order chi connectivity index (χ0) is 59.4. The number of nitrogens with two attached hydrogens (primary N) is 2. The van der Waals surface area contributed by atoms with Gasteiger partial charge in [0.2, 0.25) is 51.9 Å². The van der Waals surface area contributed by atoms with Gasteiger partial charge in [-0.1, -0.05) is 19.6 Å². The largest absolute Gasteiger partial charge is 0.399 e. The average Bonchev–Trinajstić information content (AvgIpc) is 3.91. The fraction of sp³-hybridized carbons (Fsp3) is 0.385. The van der Waals surface area contributed by atoms with Gasteiger partial charge < -0.3 is 22.1 Å². The summed E-state index contributed by atoms with van der Waals surface area (Å²) in [6, 6.07) is 18.7. The second kappa shape index (κ2) is 25.7. The lowest BCUT2D eigenvalue weighted by molar-refractivity contribution is -0.115. The predicted octanol–water partition coefficient (Wildman–Crippen LogP) is 10.1. The molecule has 4 aromatic carbocycles. The van der Waals surface area contributed by atoms with Crippen LogP contribution in [0.3, 0.4) is 0 Å². The summed E-state index contributed by atoms with van der Waals surface area (Å²) in [6.07, 6.45) is 3.14. The van der Waals surface area contributed by atoms with Gasteiger partial charge in [-0.2, -0.15) is 0 Å². The van der Waals surface area contributed by atoms with Crippen molar-refractivity contribution >= 4 is 113 Å². The summed E-state index contributed by atoms with van der Waals surface area (Å²) in [5.41, 5.74) is 12.3. The van der Waals surface area contributed by atoms with Gasteiger partial charge in [-0.05, 0) is 172 Å². The summed E-state index contributed by atoms with van der Waals surface area (Å²) < 4.78 is 114. The summed E-state index contributed by atoms with van der Waals surface area (Å²) in [7, 11) is -15.3. The first-order valence-electron chi connectivity index (χ1n) is 23.7. The van der Waals surface area contributed by atoms with E-state index in [9.17, 15) is 43.3 Å². The second-order valence-electron chi connectivity index (χ2n) is 22.0. The number of nitrogens with one attached hydrogen (secondary N) is 6. The van der Waals surface area contributed by atoms with Crippen LogP contribution < -0.4 is 41.0 Å². The van der Waals surface area contributed by atoms with Crippen LogP contribution in [-0.2, 0) is 49.7 Å². The zero-order valence-electron chi connectivity index (χ0n) is 46.0. The number of hydrogen-bond acceptors (Lipinski definition) is 16. The van der Waals surface area contributed by atoms with Crippen LogP contribution in [0, 0.1) is 6.92 Å². The zero-order valence-corrected chi connectivity index (χ0v) is 52.5. The molecule has 6 aromatic rings. The number of carbonyl (C=O) groups excluding carboxylic acids is 2. The van der Waals surface area contributed by atoms with Crippen LogP contribution in [0.5, 0.6) is 0 Å². The fourth-order valence-electron chi connectivity index (χ4n) is 7.01. The Morgan fingerprint density at radius 1 is 0.481 bits per heavy atom. The lowest BCUT2D eigenvalue weighted by Gasteiger charge is -2.22. The van der Waals surface area contributed by atoms with Crippen LogP contribution in [0.4, 0.5) is 22.7 Å². The van der Waals surface area contributed by atoms with E-state index in [4.69, 9.17) is 11.5 Å². The molecule has 434 valence electrons. The number of aryl methyl sites for hydroxylation is 1. The minimum Gasteiger partial charge on any atom is -0.399 e. The van der Waals surface area contributed by atoms with E-state index in [2.05, 4.69) is 55.4 Å². The summed E-state index contributed by atoms with van der Waals surface area (Å²) in [6.45, 7) is 25.5. The van der Waals surface area contributed by atoms with E-state index >= 15 is 0 Å². The molecular formula is C52H73BrN10O10S6. The molecule has 0 bridgehead atoms. The molecule has 0 unspecified atom stereocenters. The van der Waals surface area contributed by atoms with Gasteiger partial charge in [0.05, 0.1) is 34.4 Å². The van der Waals surface area contributed by atoms with Crippen LogP contribution in [0.15, 0.2) is 109 Å². The number of carbonyl (C=O) groups is 2. The molecule has 0 radical (unpaired) electrons. The molecule has 2 heterocycles. The molecule has 0 atom stereocenters. The van der Waals surface area contributed by atoms with E-state index in [1.165, 1.54) is 55.6 Å². The average molecular weight is 1270 g/mol. The van der Waals surface area contributed by atoms with Gasteiger partial charge in [-0.25, -0.2) is 62.5 Å². The Hall–Kier alpha value is -5.20. The third kappa shape index (κ3) is 20.7.